The van der Waals surface area contributed by atoms with Crippen molar-refractivity contribution in [3.8, 4) is 0 Å². The van der Waals surface area contributed by atoms with Gasteiger partial charge in [0.2, 0.25) is 0 Å². The molecule has 0 radical (unpaired) electrons. The van der Waals surface area contributed by atoms with Gasteiger partial charge in [-0.1, -0.05) is 50.6 Å². The van der Waals surface area contributed by atoms with Crippen LogP contribution in [0.1, 0.15) is 38.0 Å². The molecule has 1 atom stereocenters. The fourth-order valence-electron chi connectivity index (χ4n) is 2.09. The molecule has 0 N–H and O–H groups in total. The second-order valence-corrected chi connectivity index (χ2v) is 13.3. The Balaban J connectivity index is 3.12. The molecule has 25 heavy (non-hydrogen) atoms. The summed E-state index contributed by atoms with van der Waals surface area (Å²) in [4.78, 5) is 14.9. The third kappa shape index (κ3) is 6.91. The lowest BCUT2D eigenvalue weighted by Crippen LogP contribution is -2.42. The van der Waals surface area contributed by atoms with E-state index >= 15 is 0 Å². The van der Waals surface area contributed by atoms with Gasteiger partial charge >= 0.3 is 0 Å². The molecule has 5 nitrogen and oxygen atoms in total. The highest BCUT2D eigenvalue weighted by Crippen LogP contribution is 2.40. The van der Waals surface area contributed by atoms with Crippen LogP contribution >= 0.6 is 11.8 Å². The average Bonchev–Trinajstić information content (AvgIpc) is 2.48. The molecular formula is C18H30N2O3SSi. The minimum atomic E-state index is -1.99. The van der Waals surface area contributed by atoms with Crippen LogP contribution in [0.4, 0.5) is 0 Å². The van der Waals surface area contributed by atoms with Gasteiger partial charge in [-0.2, -0.15) is 0 Å². The van der Waals surface area contributed by atoms with Crippen LogP contribution in [0.25, 0.3) is 0 Å². The first-order chi connectivity index (χ1) is 11.5. The van der Waals surface area contributed by atoms with Crippen molar-refractivity contribution in [2.45, 2.75) is 51.9 Å². The fourth-order valence-corrected chi connectivity index (χ4v) is 3.80. The van der Waals surface area contributed by atoms with Crippen LogP contribution in [0.5, 0.6) is 0 Å². The maximum absolute atomic E-state index is 10.8. The van der Waals surface area contributed by atoms with Gasteiger partial charge in [0, 0.05) is 4.92 Å². The summed E-state index contributed by atoms with van der Waals surface area (Å²) in [5.41, 5.74) is 2.25. The van der Waals surface area contributed by atoms with Crippen LogP contribution in [0.2, 0.25) is 18.1 Å². The Morgan fingerprint density at radius 1 is 1.40 bits per heavy atom. The number of aryl methyl sites for hydroxylation is 1. The molecule has 0 aliphatic carbocycles. The van der Waals surface area contributed by atoms with Crippen LogP contribution in [0.15, 0.2) is 29.3 Å². The maximum Gasteiger partial charge on any atom is 0.250 e. The van der Waals surface area contributed by atoms with Crippen molar-refractivity contribution in [3.05, 3.63) is 45.5 Å². The molecule has 1 aromatic rings. The summed E-state index contributed by atoms with van der Waals surface area (Å²) >= 11 is 1.33. The zero-order valence-electron chi connectivity index (χ0n) is 16.3. The molecule has 0 fully saturated rings. The van der Waals surface area contributed by atoms with Crippen molar-refractivity contribution < 1.29 is 9.35 Å². The predicted molar refractivity (Wildman–Crippen MR) is 110 cm³/mol. The molecule has 0 aliphatic heterocycles. The van der Waals surface area contributed by atoms with E-state index in [1.165, 1.54) is 17.3 Å². The number of nitro groups is 1. The summed E-state index contributed by atoms with van der Waals surface area (Å²) in [6.07, 6.45) is 1.63. The third-order valence-corrected chi connectivity index (χ3v) is 9.81. The first-order valence-corrected chi connectivity index (χ1v) is 12.5. The Hall–Kier alpha value is -1.18. The van der Waals surface area contributed by atoms with E-state index in [1.54, 1.807) is 0 Å². The van der Waals surface area contributed by atoms with Crippen molar-refractivity contribution >= 4 is 25.1 Å². The number of hydrogen-bond acceptors (Lipinski definition) is 5. The van der Waals surface area contributed by atoms with Crippen molar-refractivity contribution in [1.29, 1.82) is 0 Å². The Morgan fingerprint density at radius 2 is 2.04 bits per heavy atom. The Bertz CT molecular complexity index is 627. The molecule has 0 saturated carbocycles. The number of benzene rings is 1. The minimum absolute atomic E-state index is 0.0853. The number of hydrogen-bond donors (Lipinski definition) is 0. The van der Waals surface area contributed by atoms with Crippen molar-refractivity contribution in [1.82, 2.24) is 0 Å². The van der Waals surface area contributed by atoms with Gasteiger partial charge in [-0.25, -0.2) is 0 Å². The zero-order valence-corrected chi connectivity index (χ0v) is 18.1. The van der Waals surface area contributed by atoms with E-state index in [0.717, 1.165) is 5.56 Å². The van der Waals surface area contributed by atoms with Gasteiger partial charge in [0.05, 0.1) is 12.6 Å². The molecule has 0 spiro atoms. The van der Waals surface area contributed by atoms with E-state index in [4.69, 9.17) is 4.43 Å². The van der Waals surface area contributed by atoms with Gasteiger partial charge in [-0.05, 0) is 36.9 Å². The first-order valence-electron chi connectivity index (χ1n) is 8.40. The summed E-state index contributed by atoms with van der Waals surface area (Å²) in [7, 11) is -1.99. The van der Waals surface area contributed by atoms with E-state index in [-0.39, 0.29) is 22.6 Å². The van der Waals surface area contributed by atoms with E-state index < -0.39 is 8.32 Å². The van der Waals surface area contributed by atoms with Crippen molar-refractivity contribution in [2.75, 3.05) is 19.3 Å². The smallest absolute Gasteiger partial charge is 0.250 e. The summed E-state index contributed by atoms with van der Waals surface area (Å²) < 4.78 is 6.60. The normalized spacial score (nSPS) is 14.4. The highest BCUT2D eigenvalue weighted by Gasteiger charge is 2.39. The van der Waals surface area contributed by atoms with Gasteiger partial charge < -0.3 is 4.43 Å². The Kier molecular flexibility index (Phi) is 7.83. The molecule has 0 amide bonds. The molecule has 1 rings (SSSR count). The van der Waals surface area contributed by atoms with Gasteiger partial charge in [0.25, 0.3) is 6.54 Å². The van der Waals surface area contributed by atoms with Crippen LogP contribution < -0.4 is 0 Å². The van der Waals surface area contributed by atoms with Crippen LogP contribution in [-0.4, -0.2) is 37.6 Å². The number of rotatable bonds is 7. The monoisotopic (exact) mass is 382 g/mol. The molecule has 0 saturated heterocycles. The number of thioether (sulfide) groups is 1. The van der Waals surface area contributed by atoms with E-state index in [1.807, 2.05) is 18.4 Å². The predicted octanol–water partition coefficient (Wildman–Crippen LogP) is 5.10. The lowest BCUT2D eigenvalue weighted by atomic mass is 10.1. The molecule has 1 aromatic carbocycles. The Labute approximate surface area is 156 Å². The van der Waals surface area contributed by atoms with Crippen LogP contribution in [-0.2, 0) is 4.43 Å². The SMILES string of the molecule is CSC(C[N+](=O)[O-])=NCC(O[Si](C)(C)C(C)(C)C)c1cccc(C)c1. The molecule has 140 valence electrons. The highest BCUT2D eigenvalue weighted by atomic mass is 32.2. The quantitative estimate of drug-likeness (QED) is 0.216. The molecule has 0 bridgehead atoms. The minimum Gasteiger partial charge on any atom is -0.408 e. The van der Waals surface area contributed by atoms with Crippen LogP contribution in [0.3, 0.4) is 0 Å². The second-order valence-electron chi connectivity index (χ2n) is 7.71. The average molecular weight is 383 g/mol. The molecule has 7 heteroatoms. The van der Waals surface area contributed by atoms with Gasteiger partial charge in [-0.15, -0.1) is 11.8 Å². The molecule has 0 aromatic heterocycles. The molecular weight excluding hydrogens is 352 g/mol. The maximum atomic E-state index is 10.8. The standard InChI is InChI=1S/C18H30N2O3SSi/c1-14-9-8-10-15(11-14)16(23-25(6,7)18(2,3)4)12-19-17(24-5)13-20(21)22/h8-11,16H,12-13H2,1-7H3. The molecule has 1 unspecified atom stereocenters. The van der Waals surface area contributed by atoms with Gasteiger partial charge in [0.15, 0.2) is 8.32 Å². The highest BCUT2D eigenvalue weighted by molar-refractivity contribution is 8.13. The number of nitrogens with zero attached hydrogens (tertiary/aromatic N) is 2. The summed E-state index contributed by atoms with van der Waals surface area (Å²) in [5.74, 6) is 0. The zero-order chi connectivity index (χ0) is 19.3. The van der Waals surface area contributed by atoms with Crippen molar-refractivity contribution in [2.24, 2.45) is 4.99 Å². The van der Waals surface area contributed by atoms with E-state index in [9.17, 15) is 10.1 Å². The topological polar surface area (TPSA) is 64.7 Å². The Morgan fingerprint density at radius 3 is 2.52 bits per heavy atom. The van der Waals surface area contributed by atoms with E-state index in [2.05, 4.69) is 57.9 Å². The molecule has 0 aliphatic rings. The van der Waals surface area contributed by atoms with Crippen LogP contribution in [0, 0.1) is 17.0 Å². The van der Waals surface area contributed by atoms with Crippen molar-refractivity contribution in [3.63, 3.8) is 0 Å². The summed E-state index contributed by atoms with van der Waals surface area (Å²) in [6, 6.07) is 8.23. The van der Waals surface area contributed by atoms with Gasteiger partial charge in [-0.3, -0.25) is 15.1 Å². The third-order valence-electron chi connectivity index (χ3n) is 4.59. The number of aliphatic imine (C=N–C) groups is 1. The van der Waals surface area contributed by atoms with E-state index in [0.29, 0.717) is 11.6 Å². The lowest BCUT2D eigenvalue weighted by molar-refractivity contribution is -0.462. The molecule has 0 heterocycles. The lowest BCUT2D eigenvalue weighted by Gasteiger charge is -2.39. The second kappa shape index (κ2) is 8.96. The fraction of sp³-hybridized carbons (Fsp3) is 0.611. The first kappa shape index (κ1) is 21.9. The summed E-state index contributed by atoms with van der Waals surface area (Å²) in [5, 5.41) is 11.4. The summed E-state index contributed by atoms with van der Waals surface area (Å²) in [6.45, 7) is 13.3. The largest absolute Gasteiger partial charge is 0.408 e. The van der Waals surface area contributed by atoms with Gasteiger partial charge in [0.1, 0.15) is 5.04 Å².